The molecule has 0 unspecified atom stereocenters. The van der Waals surface area contributed by atoms with Crippen molar-refractivity contribution in [2.75, 3.05) is 30.9 Å². The van der Waals surface area contributed by atoms with Gasteiger partial charge in [0.2, 0.25) is 10.1 Å². The minimum Gasteiger partial charge on any atom is -0.363 e. The van der Waals surface area contributed by atoms with Gasteiger partial charge >= 0.3 is 0 Å². The molecule has 0 aliphatic rings. The van der Waals surface area contributed by atoms with Crippen LogP contribution >= 0.6 is 23.1 Å². The molecule has 0 saturated carbocycles. The predicted octanol–water partition coefficient (Wildman–Crippen LogP) is 1.84. The number of hydrogen-bond donors (Lipinski definition) is 2. The van der Waals surface area contributed by atoms with Crippen molar-refractivity contribution in [3.8, 4) is 0 Å². The topological polar surface area (TPSA) is 66.9 Å². The largest absolute Gasteiger partial charge is 0.363 e. The molecule has 1 aromatic rings. The monoisotopic (exact) mass is 274 g/mol. The van der Waals surface area contributed by atoms with Crippen molar-refractivity contribution in [2.45, 2.75) is 19.3 Å². The third-order valence-electron chi connectivity index (χ3n) is 2.14. The lowest BCUT2D eigenvalue weighted by molar-refractivity contribution is 0.0952. The Balaban J connectivity index is 2.16. The summed E-state index contributed by atoms with van der Waals surface area (Å²) in [5.41, 5.74) is 0. The number of aromatic nitrogens is 2. The number of carbonyl (C=O) groups is 1. The van der Waals surface area contributed by atoms with Gasteiger partial charge in [0, 0.05) is 13.6 Å². The molecule has 2 N–H and O–H groups in total. The first kappa shape index (κ1) is 14.2. The molecule has 1 heterocycles. The number of carbonyl (C=O) groups excluding carboxylic acids is 1. The second-order valence-corrected chi connectivity index (χ2v) is 5.43. The molecule has 0 aliphatic carbocycles. The van der Waals surface area contributed by atoms with E-state index in [0.29, 0.717) is 16.7 Å². The standard InChI is InChI=1S/C10H18N4OS2/c1-11-10-14-13-9(17-10)8(15)12-6-4-3-5-7-16-2/h3-7H2,1-2H3,(H,11,14)(H,12,15). The minimum atomic E-state index is -0.131. The van der Waals surface area contributed by atoms with E-state index in [1.807, 2.05) is 11.8 Å². The van der Waals surface area contributed by atoms with Gasteiger partial charge in [-0.05, 0) is 24.9 Å². The van der Waals surface area contributed by atoms with Crippen molar-refractivity contribution in [2.24, 2.45) is 0 Å². The van der Waals surface area contributed by atoms with E-state index in [4.69, 9.17) is 0 Å². The fourth-order valence-electron chi connectivity index (χ4n) is 1.24. The van der Waals surface area contributed by atoms with Gasteiger partial charge in [-0.1, -0.05) is 17.8 Å². The third-order valence-corrected chi connectivity index (χ3v) is 3.78. The summed E-state index contributed by atoms with van der Waals surface area (Å²) in [4.78, 5) is 11.6. The maximum atomic E-state index is 11.6. The van der Waals surface area contributed by atoms with E-state index in [1.54, 1.807) is 7.05 Å². The molecule has 0 aliphatic heterocycles. The van der Waals surface area contributed by atoms with Gasteiger partial charge in [-0.25, -0.2) is 0 Å². The zero-order chi connectivity index (χ0) is 12.5. The van der Waals surface area contributed by atoms with Crippen LogP contribution in [0.2, 0.25) is 0 Å². The number of anilines is 1. The lowest BCUT2D eigenvalue weighted by Gasteiger charge is -2.02. The van der Waals surface area contributed by atoms with E-state index < -0.39 is 0 Å². The summed E-state index contributed by atoms with van der Waals surface area (Å²) in [5.74, 6) is 1.06. The molecule has 0 saturated heterocycles. The van der Waals surface area contributed by atoms with Crippen molar-refractivity contribution in [3.63, 3.8) is 0 Å². The quantitative estimate of drug-likeness (QED) is 0.708. The first-order chi connectivity index (χ1) is 8.27. The maximum Gasteiger partial charge on any atom is 0.282 e. The van der Waals surface area contributed by atoms with Crippen LogP contribution in [0.15, 0.2) is 0 Å². The molecule has 0 aromatic carbocycles. The summed E-state index contributed by atoms with van der Waals surface area (Å²) in [7, 11) is 1.76. The molecule has 17 heavy (non-hydrogen) atoms. The highest BCUT2D eigenvalue weighted by Crippen LogP contribution is 2.13. The van der Waals surface area contributed by atoms with E-state index in [0.717, 1.165) is 12.8 Å². The number of nitrogens with one attached hydrogen (secondary N) is 2. The van der Waals surface area contributed by atoms with Gasteiger partial charge in [0.05, 0.1) is 0 Å². The van der Waals surface area contributed by atoms with Crippen LogP contribution in [0.25, 0.3) is 0 Å². The van der Waals surface area contributed by atoms with Crippen molar-refractivity contribution in [1.29, 1.82) is 0 Å². The highest BCUT2D eigenvalue weighted by Gasteiger charge is 2.10. The second kappa shape index (κ2) is 8.30. The lowest BCUT2D eigenvalue weighted by atomic mass is 10.2. The molecule has 5 nitrogen and oxygen atoms in total. The average Bonchev–Trinajstić information content (AvgIpc) is 2.82. The summed E-state index contributed by atoms with van der Waals surface area (Å²) in [6, 6.07) is 0. The molecule has 0 bridgehead atoms. The van der Waals surface area contributed by atoms with Crippen molar-refractivity contribution < 1.29 is 4.79 Å². The number of unbranched alkanes of at least 4 members (excludes halogenated alkanes) is 2. The Morgan fingerprint density at radius 1 is 1.35 bits per heavy atom. The molecule has 1 amide bonds. The van der Waals surface area contributed by atoms with E-state index in [2.05, 4.69) is 27.1 Å². The van der Waals surface area contributed by atoms with Gasteiger partial charge in [0.1, 0.15) is 0 Å². The summed E-state index contributed by atoms with van der Waals surface area (Å²) in [6.45, 7) is 0.710. The number of rotatable bonds is 8. The first-order valence-electron chi connectivity index (χ1n) is 5.56. The van der Waals surface area contributed by atoms with Crippen LogP contribution < -0.4 is 10.6 Å². The summed E-state index contributed by atoms with van der Waals surface area (Å²) < 4.78 is 0. The van der Waals surface area contributed by atoms with Crippen LogP contribution in [0.3, 0.4) is 0 Å². The van der Waals surface area contributed by atoms with Gasteiger partial charge in [-0.2, -0.15) is 11.8 Å². The Hall–Kier alpha value is -0.820. The Bertz CT molecular complexity index is 343. The highest BCUT2D eigenvalue weighted by atomic mass is 32.2. The fourth-order valence-corrected chi connectivity index (χ4v) is 2.35. The molecule has 0 atom stereocenters. The van der Waals surface area contributed by atoms with E-state index in [1.165, 1.54) is 23.5 Å². The first-order valence-corrected chi connectivity index (χ1v) is 7.77. The number of nitrogens with zero attached hydrogens (tertiary/aromatic N) is 2. The molecular formula is C10H18N4OS2. The molecule has 1 aromatic heterocycles. The van der Waals surface area contributed by atoms with Gasteiger partial charge in [-0.3, -0.25) is 4.79 Å². The van der Waals surface area contributed by atoms with E-state index in [-0.39, 0.29) is 5.91 Å². The molecule has 0 radical (unpaired) electrons. The highest BCUT2D eigenvalue weighted by molar-refractivity contribution is 7.98. The Kier molecular flexibility index (Phi) is 6.95. The zero-order valence-corrected chi connectivity index (χ0v) is 11.8. The minimum absolute atomic E-state index is 0.131. The van der Waals surface area contributed by atoms with Crippen molar-refractivity contribution >= 4 is 34.1 Å². The predicted molar refractivity (Wildman–Crippen MR) is 74.0 cm³/mol. The number of amides is 1. The van der Waals surface area contributed by atoms with Crippen LogP contribution in [0.1, 0.15) is 29.1 Å². The molecule has 7 heteroatoms. The molecule has 96 valence electrons. The van der Waals surface area contributed by atoms with Crippen molar-refractivity contribution in [3.05, 3.63) is 5.01 Å². The summed E-state index contributed by atoms with van der Waals surface area (Å²) in [5, 5.41) is 14.4. The zero-order valence-electron chi connectivity index (χ0n) is 10.2. The number of thioether (sulfide) groups is 1. The molecular weight excluding hydrogens is 256 g/mol. The van der Waals surface area contributed by atoms with Gasteiger partial charge in [0.15, 0.2) is 0 Å². The third kappa shape index (κ3) is 5.36. The van der Waals surface area contributed by atoms with Crippen LogP contribution in [-0.4, -0.2) is 41.7 Å². The van der Waals surface area contributed by atoms with Gasteiger partial charge < -0.3 is 10.6 Å². The van der Waals surface area contributed by atoms with E-state index >= 15 is 0 Å². The molecule has 0 fully saturated rings. The van der Waals surface area contributed by atoms with E-state index in [9.17, 15) is 4.79 Å². The fraction of sp³-hybridized carbons (Fsp3) is 0.700. The Labute approximate surface area is 110 Å². The van der Waals surface area contributed by atoms with Crippen molar-refractivity contribution in [1.82, 2.24) is 15.5 Å². The van der Waals surface area contributed by atoms with Crippen LogP contribution in [-0.2, 0) is 0 Å². The SMILES string of the molecule is CNc1nnc(C(=O)NCCCCCSC)s1. The average molecular weight is 274 g/mol. The maximum absolute atomic E-state index is 11.6. The number of hydrogen-bond acceptors (Lipinski definition) is 6. The van der Waals surface area contributed by atoms with Crippen LogP contribution in [0, 0.1) is 0 Å². The molecule has 0 spiro atoms. The van der Waals surface area contributed by atoms with Gasteiger partial charge in [0.25, 0.3) is 5.91 Å². The smallest absolute Gasteiger partial charge is 0.282 e. The van der Waals surface area contributed by atoms with Crippen LogP contribution in [0.4, 0.5) is 5.13 Å². The lowest BCUT2D eigenvalue weighted by Crippen LogP contribution is -2.24. The van der Waals surface area contributed by atoms with Gasteiger partial charge in [-0.15, -0.1) is 10.2 Å². The Morgan fingerprint density at radius 2 is 2.18 bits per heavy atom. The summed E-state index contributed by atoms with van der Waals surface area (Å²) in [6.07, 6.45) is 5.49. The summed E-state index contributed by atoms with van der Waals surface area (Å²) >= 11 is 3.12. The molecule has 1 rings (SSSR count). The second-order valence-electron chi connectivity index (χ2n) is 3.47. The Morgan fingerprint density at radius 3 is 2.82 bits per heavy atom. The van der Waals surface area contributed by atoms with Crippen LogP contribution in [0.5, 0.6) is 0 Å². The normalized spacial score (nSPS) is 10.2.